The molecule has 1 saturated heterocycles. The van der Waals surface area contributed by atoms with E-state index in [1.807, 2.05) is 20.8 Å². The Hall–Kier alpha value is -3.69. The number of nitrogens with two attached hydrogens (primary N) is 1. The summed E-state index contributed by atoms with van der Waals surface area (Å²) in [6.07, 6.45) is 2.44. The Morgan fingerprint density at radius 2 is 1.71 bits per heavy atom. The average molecular weight is 470 g/mol. The molecule has 3 N–H and O–H groups in total. The van der Waals surface area contributed by atoms with Crippen LogP contribution in [0.25, 0.3) is 0 Å². The summed E-state index contributed by atoms with van der Waals surface area (Å²) in [4.78, 5) is 67.3. The molecule has 1 aromatic heterocycles. The number of benzene rings is 1. The molecule has 2 heterocycles. The maximum Gasteiger partial charge on any atom is 0.330 e. The fourth-order valence-electron chi connectivity index (χ4n) is 3.85. The minimum atomic E-state index is -0.725. The van der Waals surface area contributed by atoms with Gasteiger partial charge in [-0.1, -0.05) is 27.2 Å². The van der Waals surface area contributed by atoms with Crippen molar-refractivity contribution in [1.29, 1.82) is 0 Å². The quantitative estimate of drug-likeness (QED) is 0.540. The Labute approximate surface area is 197 Å². The van der Waals surface area contributed by atoms with Gasteiger partial charge in [0.25, 0.3) is 11.5 Å². The molecule has 0 bridgehead atoms. The van der Waals surface area contributed by atoms with Crippen molar-refractivity contribution in [3.63, 3.8) is 0 Å². The molecule has 1 aliphatic rings. The number of nitrogens with zero attached hydrogens (tertiary/aromatic N) is 3. The molecular formula is C24H31N5O5. The van der Waals surface area contributed by atoms with Crippen molar-refractivity contribution in [2.24, 2.45) is 5.92 Å². The second-order valence-corrected chi connectivity index (χ2v) is 8.81. The van der Waals surface area contributed by atoms with Crippen molar-refractivity contribution >= 4 is 34.9 Å². The summed E-state index contributed by atoms with van der Waals surface area (Å²) in [5.74, 6) is -0.836. The number of aromatic nitrogens is 2. The van der Waals surface area contributed by atoms with Crippen LogP contribution in [0, 0.1) is 5.92 Å². The average Bonchev–Trinajstić information content (AvgIpc) is 3.13. The van der Waals surface area contributed by atoms with Crippen molar-refractivity contribution in [2.75, 3.05) is 22.1 Å². The zero-order chi connectivity index (χ0) is 25.0. The Kier molecular flexibility index (Phi) is 7.70. The molecule has 0 atom stereocenters. The van der Waals surface area contributed by atoms with Crippen molar-refractivity contribution in [3.05, 3.63) is 50.7 Å². The van der Waals surface area contributed by atoms with Gasteiger partial charge in [-0.15, -0.1) is 0 Å². The second kappa shape index (κ2) is 10.5. The first-order chi connectivity index (χ1) is 16.1. The van der Waals surface area contributed by atoms with Crippen LogP contribution in [0.1, 0.15) is 63.2 Å². The van der Waals surface area contributed by atoms with E-state index in [0.717, 1.165) is 11.3 Å². The first-order valence-corrected chi connectivity index (χ1v) is 11.6. The van der Waals surface area contributed by atoms with Gasteiger partial charge in [0.05, 0.1) is 5.69 Å². The summed E-state index contributed by atoms with van der Waals surface area (Å²) in [6, 6.07) is 6.09. The lowest BCUT2D eigenvalue weighted by Gasteiger charge is -2.25. The van der Waals surface area contributed by atoms with Gasteiger partial charge in [-0.3, -0.25) is 33.6 Å². The SMILES string of the molecule is CCCCn1c(N)c(N(CCC(C)C)C(=O)c2ccc(N3C(=O)CCC3=O)cc2)c(=O)[nH]c1=O. The molecule has 10 heteroatoms. The lowest BCUT2D eigenvalue weighted by atomic mass is 10.1. The molecule has 34 heavy (non-hydrogen) atoms. The van der Waals surface area contributed by atoms with Gasteiger partial charge < -0.3 is 10.6 Å². The number of imide groups is 1. The molecule has 0 spiro atoms. The third-order valence-electron chi connectivity index (χ3n) is 5.82. The largest absolute Gasteiger partial charge is 0.383 e. The van der Waals surface area contributed by atoms with E-state index in [2.05, 4.69) is 4.98 Å². The monoisotopic (exact) mass is 469 g/mol. The summed E-state index contributed by atoms with van der Waals surface area (Å²) in [5, 5.41) is 0. The van der Waals surface area contributed by atoms with Crippen LogP contribution in [-0.4, -0.2) is 33.8 Å². The Bertz CT molecular complexity index is 1180. The molecule has 1 fully saturated rings. The Balaban J connectivity index is 2.01. The predicted octanol–water partition coefficient (Wildman–Crippen LogP) is 2.27. The van der Waals surface area contributed by atoms with E-state index in [4.69, 9.17) is 5.73 Å². The van der Waals surface area contributed by atoms with E-state index in [9.17, 15) is 24.0 Å². The number of carbonyl (C=O) groups is 3. The number of hydrogen-bond acceptors (Lipinski definition) is 6. The number of rotatable bonds is 9. The molecular weight excluding hydrogens is 438 g/mol. The van der Waals surface area contributed by atoms with Crippen LogP contribution in [0.4, 0.5) is 17.2 Å². The highest BCUT2D eigenvalue weighted by Gasteiger charge is 2.31. The molecule has 2 aromatic rings. The van der Waals surface area contributed by atoms with Gasteiger partial charge >= 0.3 is 5.69 Å². The maximum absolute atomic E-state index is 13.5. The van der Waals surface area contributed by atoms with E-state index in [1.54, 1.807) is 0 Å². The normalized spacial score (nSPS) is 13.7. The molecule has 0 unspecified atom stereocenters. The fourth-order valence-corrected chi connectivity index (χ4v) is 3.85. The van der Waals surface area contributed by atoms with Crippen LogP contribution in [0.3, 0.4) is 0 Å². The van der Waals surface area contributed by atoms with E-state index in [1.165, 1.54) is 33.7 Å². The Morgan fingerprint density at radius 1 is 1.09 bits per heavy atom. The fraction of sp³-hybridized carbons (Fsp3) is 0.458. The van der Waals surface area contributed by atoms with Crippen LogP contribution < -0.4 is 26.8 Å². The van der Waals surface area contributed by atoms with Crippen LogP contribution >= 0.6 is 0 Å². The number of aromatic amines is 1. The number of carbonyl (C=O) groups excluding carboxylic acids is 3. The molecule has 3 rings (SSSR count). The summed E-state index contributed by atoms with van der Waals surface area (Å²) >= 11 is 0. The third kappa shape index (κ3) is 5.11. The zero-order valence-electron chi connectivity index (χ0n) is 19.8. The van der Waals surface area contributed by atoms with Crippen molar-refractivity contribution in [3.8, 4) is 0 Å². The summed E-state index contributed by atoms with van der Waals surface area (Å²) in [5.41, 5.74) is 5.51. The van der Waals surface area contributed by atoms with Gasteiger partial charge in [0, 0.05) is 31.5 Å². The van der Waals surface area contributed by atoms with Gasteiger partial charge in [0.1, 0.15) is 5.82 Å². The van der Waals surface area contributed by atoms with Crippen molar-refractivity contribution in [2.45, 2.75) is 59.4 Å². The van der Waals surface area contributed by atoms with Crippen LogP contribution in [0.5, 0.6) is 0 Å². The minimum absolute atomic E-state index is 0.0517. The van der Waals surface area contributed by atoms with Gasteiger partial charge in [-0.25, -0.2) is 4.79 Å². The molecule has 10 nitrogen and oxygen atoms in total. The second-order valence-electron chi connectivity index (χ2n) is 8.81. The van der Waals surface area contributed by atoms with Gasteiger partial charge in [0.2, 0.25) is 11.8 Å². The molecule has 0 saturated carbocycles. The highest BCUT2D eigenvalue weighted by atomic mass is 16.2. The Morgan fingerprint density at radius 3 is 2.26 bits per heavy atom. The first-order valence-electron chi connectivity index (χ1n) is 11.6. The van der Waals surface area contributed by atoms with E-state index in [-0.39, 0.29) is 54.2 Å². The highest BCUT2D eigenvalue weighted by Crippen LogP contribution is 2.25. The van der Waals surface area contributed by atoms with E-state index < -0.39 is 17.2 Å². The minimum Gasteiger partial charge on any atom is -0.383 e. The molecule has 1 aliphatic heterocycles. The summed E-state index contributed by atoms with van der Waals surface area (Å²) < 4.78 is 1.28. The standard InChI is InChI=1S/C24H31N5O5/c1-4-5-13-28-21(25)20(22(32)26-24(28)34)27(14-12-15(2)3)23(33)16-6-8-17(9-7-16)29-18(30)10-11-19(29)31/h6-9,15H,4-5,10-14,25H2,1-3H3,(H,26,32,34). The molecule has 1 aromatic carbocycles. The van der Waals surface area contributed by atoms with Gasteiger partial charge in [0.15, 0.2) is 5.69 Å². The number of hydrogen-bond donors (Lipinski definition) is 2. The van der Waals surface area contributed by atoms with Crippen LogP contribution in [-0.2, 0) is 16.1 Å². The van der Waals surface area contributed by atoms with Crippen molar-refractivity contribution in [1.82, 2.24) is 9.55 Å². The van der Waals surface area contributed by atoms with E-state index in [0.29, 0.717) is 25.1 Å². The maximum atomic E-state index is 13.5. The summed E-state index contributed by atoms with van der Waals surface area (Å²) in [6.45, 7) is 6.51. The number of unbranched alkanes of at least 4 members (excludes halogenated alkanes) is 1. The number of H-pyrrole nitrogens is 1. The number of nitrogen functional groups attached to an aromatic ring is 1. The third-order valence-corrected chi connectivity index (χ3v) is 5.82. The van der Waals surface area contributed by atoms with E-state index >= 15 is 0 Å². The number of nitrogens with one attached hydrogen (secondary N) is 1. The zero-order valence-corrected chi connectivity index (χ0v) is 19.8. The summed E-state index contributed by atoms with van der Waals surface area (Å²) in [7, 11) is 0. The predicted molar refractivity (Wildman–Crippen MR) is 130 cm³/mol. The van der Waals surface area contributed by atoms with Crippen LogP contribution in [0.2, 0.25) is 0 Å². The lowest BCUT2D eigenvalue weighted by molar-refractivity contribution is -0.121. The number of amides is 3. The molecule has 0 radical (unpaired) electrons. The molecule has 3 amide bonds. The van der Waals surface area contributed by atoms with Gasteiger partial charge in [-0.2, -0.15) is 0 Å². The van der Waals surface area contributed by atoms with Crippen molar-refractivity contribution < 1.29 is 14.4 Å². The lowest BCUT2D eigenvalue weighted by Crippen LogP contribution is -2.42. The topological polar surface area (TPSA) is 139 Å². The first kappa shape index (κ1) is 24.9. The molecule has 182 valence electrons. The highest BCUT2D eigenvalue weighted by molar-refractivity contribution is 6.20. The van der Waals surface area contributed by atoms with Gasteiger partial charge in [-0.05, 0) is 43.0 Å². The molecule has 0 aliphatic carbocycles. The van der Waals surface area contributed by atoms with Crippen LogP contribution in [0.15, 0.2) is 33.9 Å². The smallest absolute Gasteiger partial charge is 0.330 e. The number of anilines is 3.